The van der Waals surface area contributed by atoms with Crippen molar-refractivity contribution in [3.05, 3.63) is 53.6 Å². The van der Waals surface area contributed by atoms with Crippen molar-refractivity contribution in [2.45, 2.75) is 4.90 Å². The molecule has 0 saturated heterocycles. The standard InChI is InChI=1S/C16H16ClNO4S/c1-18(11-16(19)22-2)23(20,21)15-9-5-13(6-10-15)12-3-7-14(17)8-4-12/h3-10H,11H2,1-2H3. The number of likely N-dealkylation sites (N-methyl/N-ethyl adjacent to an activating group) is 1. The molecular formula is C16H16ClNO4S. The summed E-state index contributed by atoms with van der Waals surface area (Å²) in [5.74, 6) is -0.617. The van der Waals surface area contributed by atoms with E-state index in [4.69, 9.17) is 11.6 Å². The van der Waals surface area contributed by atoms with Crippen molar-refractivity contribution in [1.82, 2.24) is 4.31 Å². The van der Waals surface area contributed by atoms with Crippen LogP contribution >= 0.6 is 11.6 Å². The molecule has 0 N–H and O–H groups in total. The predicted octanol–water partition coefficient (Wildman–Crippen LogP) is 2.80. The van der Waals surface area contributed by atoms with Gasteiger partial charge in [0.2, 0.25) is 10.0 Å². The Kier molecular flexibility index (Phi) is 5.41. The van der Waals surface area contributed by atoms with Crippen LogP contribution in [0, 0.1) is 0 Å². The van der Waals surface area contributed by atoms with Crippen molar-refractivity contribution in [3.63, 3.8) is 0 Å². The summed E-state index contributed by atoms with van der Waals surface area (Å²) in [7, 11) is -1.19. The summed E-state index contributed by atoms with van der Waals surface area (Å²) in [5, 5.41) is 0.636. The van der Waals surface area contributed by atoms with Crippen molar-refractivity contribution in [3.8, 4) is 11.1 Å². The van der Waals surface area contributed by atoms with Crippen molar-refractivity contribution < 1.29 is 17.9 Å². The fourth-order valence-electron chi connectivity index (χ4n) is 1.97. The Balaban J connectivity index is 2.24. The molecule has 5 nitrogen and oxygen atoms in total. The normalized spacial score (nSPS) is 11.5. The van der Waals surface area contributed by atoms with Crippen LogP contribution in [0.2, 0.25) is 5.02 Å². The summed E-state index contributed by atoms with van der Waals surface area (Å²) >= 11 is 5.85. The van der Waals surface area contributed by atoms with Crippen LogP contribution in [0.3, 0.4) is 0 Å². The molecule has 2 rings (SSSR count). The van der Waals surface area contributed by atoms with E-state index in [0.717, 1.165) is 15.4 Å². The van der Waals surface area contributed by atoms with Crippen LogP contribution in [0.5, 0.6) is 0 Å². The van der Waals surface area contributed by atoms with Gasteiger partial charge in [-0.15, -0.1) is 0 Å². The first kappa shape index (κ1) is 17.5. The third kappa shape index (κ3) is 4.10. The molecule has 0 aliphatic rings. The van der Waals surface area contributed by atoms with Crippen LogP contribution in [0.1, 0.15) is 0 Å². The van der Waals surface area contributed by atoms with Crippen LogP contribution in [-0.4, -0.2) is 39.4 Å². The zero-order chi connectivity index (χ0) is 17.0. The number of nitrogens with zero attached hydrogens (tertiary/aromatic N) is 1. The molecule has 7 heteroatoms. The second kappa shape index (κ2) is 7.12. The second-order valence-corrected chi connectivity index (χ2v) is 7.35. The number of benzene rings is 2. The van der Waals surface area contributed by atoms with E-state index in [2.05, 4.69) is 4.74 Å². The Morgan fingerprint density at radius 2 is 1.52 bits per heavy atom. The Labute approximate surface area is 140 Å². The molecule has 2 aromatic rings. The van der Waals surface area contributed by atoms with Gasteiger partial charge in [-0.25, -0.2) is 8.42 Å². The van der Waals surface area contributed by atoms with Crippen LogP contribution in [0.4, 0.5) is 0 Å². The van der Waals surface area contributed by atoms with Gasteiger partial charge in [-0.2, -0.15) is 4.31 Å². The third-order valence-corrected chi connectivity index (χ3v) is 5.39. The molecule has 0 bridgehead atoms. The number of carbonyl (C=O) groups excluding carboxylic acids is 1. The van der Waals surface area contributed by atoms with E-state index >= 15 is 0 Å². The summed E-state index contributed by atoms with van der Waals surface area (Å²) in [6, 6.07) is 13.7. The van der Waals surface area contributed by atoms with Gasteiger partial charge in [0, 0.05) is 12.1 Å². The molecule has 0 fully saturated rings. The Hall–Kier alpha value is -1.89. The Bertz CT molecular complexity index is 786. The minimum atomic E-state index is -3.74. The van der Waals surface area contributed by atoms with E-state index in [0.29, 0.717) is 5.02 Å². The van der Waals surface area contributed by atoms with Crippen LogP contribution in [0.25, 0.3) is 11.1 Å². The average molecular weight is 354 g/mol. The van der Waals surface area contributed by atoms with E-state index in [9.17, 15) is 13.2 Å². The molecule has 0 saturated carbocycles. The van der Waals surface area contributed by atoms with Gasteiger partial charge in [-0.1, -0.05) is 35.9 Å². The van der Waals surface area contributed by atoms with E-state index in [1.165, 1.54) is 26.3 Å². The zero-order valence-corrected chi connectivity index (χ0v) is 14.3. The first-order chi connectivity index (χ1) is 10.8. The maximum absolute atomic E-state index is 12.4. The van der Waals surface area contributed by atoms with Crippen molar-refractivity contribution >= 4 is 27.6 Å². The molecule has 0 aliphatic heterocycles. The summed E-state index contributed by atoms with van der Waals surface area (Å²) in [6.07, 6.45) is 0. The van der Waals surface area contributed by atoms with Crippen LogP contribution < -0.4 is 0 Å². The van der Waals surface area contributed by atoms with Gasteiger partial charge in [0.05, 0.1) is 12.0 Å². The zero-order valence-electron chi connectivity index (χ0n) is 12.7. The molecule has 2 aromatic carbocycles. The number of hydrogen-bond donors (Lipinski definition) is 0. The maximum Gasteiger partial charge on any atom is 0.321 e. The van der Waals surface area contributed by atoms with E-state index in [-0.39, 0.29) is 11.4 Å². The van der Waals surface area contributed by atoms with E-state index in [1.54, 1.807) is 24.3 Å². The Morgan fingerprint density at radius 1 is 1.04 bits per heavy atom. The number of carbonyl (C=O) groups is 1. The van der Waals surface area contributed by atoms with Gasteiger partial charge in [-0.3, -0.25) is 4.79 Å². The lowest BCUT2D eigenvalue weighted by atomic mass is 10.1. The Morgan fingerprint density at radius 3 is 2.00 bits per heavy atom. The van der Waals surface area contributed by atoms with E-state index in [1.807, 2.05) is 12.1 Å². The molecule has 0 unspecified atom stereocenters. The van der Waals surface area contributed by atoms with Crippen LogP contribution in [-0.2, 0) is 19.6 Å². The molecule has 0 atom stereocenters. The molecule has 0 aliphatic carbocycles. The van der Waals surface area contributed by atoms with Gasteiger partial charge in [-0.05, 0) is 35.4 Å². The van der Waals surface area contributed by atoms with Gasteiger partial charge in [0.25, 0.3) is 0 Å². The first-order valence-corrected chi connectivity index (χ1v) is 8.55. The molecule has 0 heterocycles. The monoisotopic (exact) mass is 353 g/mol. The highest BCUT2D eigenvalue weighted by Gasteiger charge is 2.23. The number of halogens is 1. The fraction of sp³-hybridized carbons (Fsp3) is 0.188. The van der Waals surface area contributed by atoms with Crippen molar-refractivity contribution in [1.29, 1.82) is 0 Å². The minimum Gasteiger partial charge on any atom is -0.468 e. The molecule has 23 heavy (non-hydrogen) atoms. The summed E-state index contributed by atoms with van der Waals surface area (Å²) < 4.78 is 30.2. The van der Waals surface area contributed by atoms with Gasteiger partial charge in [0.1, 0.15) is 6.54 Å². The smallest absolute Gasteiger partial charge is 0.321 e. The van der Waals surface area contributed by atoms with Gasteiger partial charge < -0.3 is 4.74 Å². The average Bonchev–Trinajstić information content (AvgIpc) is 2.55. The lowest BCUT2D eigenvalue weighted by molar-refractivity contribution is -0.140. The predicted molar refractivity (Wildman–Crippen MR) is 88.7 cm³/mol. The quantitative estimate of drug-likeness (QED) is 0.775. The van der Waals surface area contributed by atoms with Crippen LogP contribution in [0.15, 0.2) is 53.4 Å². The van der Waals surface area contributed by atoms with E-state index < -0.39 is 16.0 Å². The number of sulfonamides is 1. The summed E-state index contributed by atoms with van der Waals surface area (Å²) in [6.45, 7) is -0.336. The minimum absolute atomic E-state index is 0.113. The first-order valence-electron chi connectivity index (χ1n) is 6.74. The number of methoxy groups -OCH3 is 1. The molecule has 122 valence electrons. The van der Waals surface area contributed by atoms with Crippen molar-refractivity contribution in [2.75, 3.05) is 20.7 Å². The summed E-state index contributed by atoms with van der Waals surface area (Å²) in [4.78, 5) is 11.3. The maximum atomic E-state index is 12.4. The fourth-order valence-corrected chi connectivity index (χ4v) is 3.21. The molecule has 0 aromatic heterocycles. The largest absolute Gasteiger partial charge is 0.468 e. The second-order valence-electron chi connectivity index (χ2n) is 4.87. The number of ether oxygens (including phenoxy) is 1. The summed E-state index contributed by atoms with van der Waals surface area (Å²) in [5.41, 5.74) is 1.80. The lowest BCUT2D eigenvalue weighted by Crippen LogP contribution is -2.32. The highest BCUT2D eigenvalue weighted by atomic mass is 35.5. The highest BCUT2D eigenvalue weighted by molar-refractivity contribution is 7.89. The third-order valence-electron chi connectivity index (χ3n) is 3.32. The number of rotatable bonds is 5. The molecule has 0 radical (unpaired) electrons. The molecule has 0 amide bonds. The van der Waals surface area contributed by atoms with Crippen molar-refractivity contribution in [2.24, 2.45) is 0 Å². The number of esters is 1. The topological polar surface area (TPSA) is 63.7 Å². The lowest BCUT2D eigenvalue weighted by Gasteiger charge is -2.16. The number of hydrogen-bond acceptors (Lipinski definition) is 4. The molecular weight excluding hydrogens is 338 g/mol. The SMILES string of the molecule is COC(=O)CN(C)S(=O)(=O)c1ccc(-c2ccc(Cl)cc2)cc1. The van der Waals surface area contributed by atoms with Gasteiger partial charge in [0.15, 0.2) is 0 Å². The van der Waals surface area contributed by atoms with Gasteiger partial charge >= 0.3 is 5.97 Å². The molecule has 0 spiro atoms. The highest BCUT2D eigenvalue weighted by Crippen LogP contribution is 2.24.